The normalized spacial score (nSPS) is 19.8. The lowest BCUT2D eigenvalue weighted by Crippen LogP contribution is -2.48. The smallest absolute Gasteiger partial charge is 0.338 e. The minimum atomic E-state index is -0.595. The van der Waals surface area contributed by atoms with E-state index in [0.717, 1.165) is 37.7 Å². The zero-order chi connectivity index (χ0) is 22.4. The minimum absolute atomic E-state index is 0.0663. The zero-order valence-electron chi connectivity index (χ0n) is 18.7. The number of benzene rings is 1. The molecule has 0 saturated heterocycles. The fraction of sp³-hybridized carbons (Fsp3) is 0.542. The SMILES string of the molecule is CCCN1C(=O)N[C@H](c2ccc(NC(=O)C3CCCCC3)cc2)C(C(=O)OCC)=C1C. The Balaban J connectivity index is 1.81. The lowest BCUT2D eigenvalue weighted by atomic mass is 9.88. The molecule has 7 heteroatoms. The molecule has 0 spiro atoms. The summed E-state index contributed by atoms with van der Waals surface area (Å²) >= 11 is 0. The molecule has 0 aromatic heterocycles. The van der Waals surface area contributed by atoms with Gasteiger partial charge >= 0.3 is 12.0 Å². The predicted molar refractivity (Wildman–Crippen MR) is 119 cm³/mol. The van der Waals surface area contributed by atoms with E-state index in [0.29, 0.717) is 23.5 Å². The summed E-state index contributed by atoms with van der Waals surface area (Å²) in [5.41, 5.74) is 2.53. The summed E-state index contributed by atoms with van der Waals surface area (Å²) in [7, 11) is 0. The number of ether oxygens (including phenoxy) is 1. The first-order valence-electron chi connectivity index (χ1n) is 11.3. The molecule has 1 saturated carbocycles. The highest BCUT2D eigenvalue weighted by Crippen LogP contribution is 2.32. The second kappa shape index (κ2) is 10.5. The van der Waals surface area contributed by atoms with Crippen LogP contribution in [0, 0.1) is 5.92 Å². The van der Waals surface area contributed by atoms with Crippen LogP contribution in [0.5, 0.6) is 0 Å². The Kier molecular flexibility index (Phi) is 7.71. The number of esters is 1. The Bertz CT molecular complexity index is 841. The molecular formula is C24H33N3O4. The van der Waals surface area contributed by atoms with Gasteiger partial charge in [-0.15, -0.1) is 0 Å². The topological polar surface area (TPSA) is 87.7 Å². The number of nitrogens with one attached hydrogen (secondary N) is 2. The fourth-order valence-corrected chi connectivity index (χ4v) is 4.37. The van der Waals surface area contributed by atoms with E-state index in [1.807, 2.05) is 31.2 Å². The molecule has 0 unspecified atom stereocenters. The number of hydrogen-bond donors (Lipinski definition) is 2. The van der Waals surface area contributed by atoms with Crippen LogP contribution in [0.2, 0.25) is 0 Å². The average molecular weight is 428 g/mol. The van der Waals surface area contributed by atoms with Crippen LogP contribution in [0.15, 0.2) is 35.5 Å². The van der Waals surface area contributed by atoms with E-state index >= 15 is 0 Å². The zero-order valence-corrected chi connectivity index (χ0v) is 18.7. The maximum absolute atomic E-state index is 12.7. The first-order chi connectivity index (χ1) is 15.0. The first kappa shape index (κ1) is 22.8. The molecule has 3 rings (SSSR count). The third-order valence-corrected chi connectivity index (χ3v) is 6.03. The number of carbonyl (C=O) groups excluding carboxylic acids is 3. The highest BCUT2D eigenvalue weighted by molar-refractivity contribution is 5.95. The van der Waals surface area contributed by atoms with Crippen molar-refractivity contribution in [3.8, 4) is 0 Å². The molecule has 1 aromatic carbocycles. The van der Waals surface area contributed by atoms with Gasteiger partial charge < -0.3 is 15.4 Å². The second-order valence-electron chi connectivity index (χ2n) is 8.20. The van der Waals surface area contributed by atoms with E-state index in [2.05, 4.69) is 10.6 Å². The highest BCUT2D eigenvalue weighted by atomic mass is 16.5. The van der Waals surface area contributed by atoms with Gasteiger partial charge in [0.1, 0.15) is 0 Å². The van der Waals surface area contributed by atoms with Gasteiger partial charge in [0.15, 0.2) is 0 Å². The molecule has 2 N–H and O–H groups in total. The number of urea groups is 1. The third kappa shape index (κ3) is 5.27. The third-order valence-electron chi connectivity index (χ3n) is 6.03. The van der Waals surface area contributed by atoms with Crippen LogP contribution in [0.1, 0.15) is 70.9 Å². The quantitative estimate of drug-likeness (QED) is 0.627. The molecule has 168 valence electrons. The van der Waals surface area contributed by atoms with Crippen LogP contribution in [0.25, 0.3) is 0 Å². The predicted octanol–water partition coefficient (Wildman–Crippen LogP) is 4.52. The van der Waals surface area contributed by atoms with E-state index in [-0.39, 0.29) is 24.5 Å². The van der Waals surface area contributed by atoms with Gasteiger partial charge in [-0.2, -0.15) is 0 Å². The van der Waals surface area contributed by atoms with Gasteiger partial charge in [0.05, 0.1) is 18.2 Å². The molecule has 1 atom stereocenters. The molecule has 2 aliphatic rings. The number of rotatable bonds is 7. The number of amides is 3. The van der Waals surface area contributed by atoms with E-state index < -0.39 is 12.0 Å². The number of nitrogens with zero attached hydrogens (tertiary/aromatic N) is 1. The van der Waals surface area contributed by atoms with Crippen LogP contribution in [-0.2, 0) is 14.3 Å². The van der Waals surface area contributed by atoms with Crippen molar-refractivity contribution < 1.29 is 19.1 Å². The van der Waals surface area contributed by atoms with Crippen LogP contribution >= 0.6 is 0 Å². The standard InChI is InChI=1S/C24H33N3O4/c1-4-15-27-16(3)20(23(29)31-5-2)21(26-24(27)30)17-11-13-19(14-12-17)25-22(28)18-9-7-6-8-10-18/h11-14,18,21H,4-10,15H2,1-3H3,(H,25,28)(H,26,30)/t21-/m1/s1. The molecule has 7 nitrogen and oxygen atoms in total. The summed E-state index contributed by atoms with van der Waals surface area (Å²) in [6, 6.07) is 6.49. The molecule has 1 aromatic rings. The number of anilines is 1. The molecule has 1 aliphatic heterocycles. The van der Waals surface area contributed by atoms with Crippen molar-refractivity contribution in [2.75, 3.05) is 18.5 Å². The Morgan fingerprint density at radius 1 is 1.13 bits per heavy atom. The molecule has 1 heterocycles. The molecule has 0 radical (unpaired) electrons. The van der Waals surface area contributed by atoms with Gasteiger partial charge in [-0.3, -0.25) is 9.69 Å². The molecule has 3 amide bonds. The van der Waals surface area contributed by atoms with Crippen molar-refractivity contribution in [2.45, 2.75) is 65.3 Å². The van der Waals surface area contributed by atoms with Gasteiger partial charge in [-0.1, -0.05) is 38.3 Å². The summed E-state index contributed by atoms with van der Waals surface area (Å²) in [6.45, 7) is 6.32. The fourth-order valence-electron chi connectivity index (χ4n) is 4.37. The monoisotopic (exact) mass is 427 g/mol. The molecule has 31 heavy (non-hydrogen) atoms. The van der Waals surface area contributed by atoms with Gasteiger partial charge in [-0.05, 0) is 50.8 Å². The summed E-state index contributed by atoms with van der Waals surface area (Å²) in [5.74, 6) is -0.283. The Hall–Kier alpha value is -2.83. The van der Waals surface area contributed by atoms with Crippen LogP contribution in [0.4, 0.5) is 10.5 Å². The summed E-state index contributed by atoms with van der Waals surface area (Å²) < 4.78 is 5.28. The Labute approximate surface area is 184 Å². The maximum atomic E-state index is 12.7. The lowest BCUT2D eigenvalue weighted by molar-refractivity contribution is -0.139. The van der Waals surface area contributed by atoms with E-state index in [9.17, 15) is 14.4 Å². The average Bonchev–Trinajstić information content (AvgIpc) is 2.77. The summed E-state index contributed by atoms with van der Waals surface area (Å²) in [6.07, 6.45) is 6.09. The van der Waals surface area contributed by atoms with Crippen molar-refractivity contribution in [3.05, 3.63) is 41.1 Å². The van der Waals surface area contributed by atoms with Crippen molar-refractivity contribution >= 4 is 23.6 Å². The van der Waals surface area contributed by atoms with Crippen LogP contribution in [0.3, 0.4) is 0 Å². The van der Waals surface area contributed by atoms with Gasteiger partial charge in [-0.25, -0.2) is 9.59 Å². The second-order valence-corrected chi connectivity index (χ2v) is 8.20. The van der Waals surface area contributed by atoms with Crippen molar-refractivity contribution in [1.82, 2.24) is 10.2 Å². The maximum Gasteiger partial charge on any atom is 0.338 e. The van der Waals surface area contributed by atoms with Crippen molar-refractivity contribution in [2.24, 2.45) is 5.92 Å². The van der Waals surface area contributed by atoms with Gasteiger partial charge in [0.2, 0.25) is 5.91 Å². The number of carbonyl (C=O) groups is 3. The molecule has 0 bridgehead atoms. The minimum Gasteiger partial charge on any atom is -0.463 e. The highest BCUT2D eigenvalue weighted by Gasteiger charge is 2.36. The largest absolute Gasteiger partial charge is 0.463 e. The number of hydrogen-bond acceptors (Lipinski definition) is 4. The lowest BCUT2D eigenvalue weighted by Gasteiger charge is -2.35. The van der Waals surface area contributed by atoms with Gasteiger partial charge in [0, 0.05) is 23.8 Å². The Morgan fingerprint density at radius 2 is 1.81 bits per heavy atom. The van der Waals surface area contributed by atoms with E-state index in [4.69, 9.17) is 4.74 Å². The van der Waals surface area contributed by atoms with E-state index in [1.165, 1.54) is 6.42 Å². The Morgan fingerprint density at radius 3 is 2.42 bits per heavy atom. The summed E-state index contributed by atoms with van der Waals surface area (Å²) in [4.78, 5) is 39.5. The van der Waals surface area contributed by atoms with Crippen molar-refractivity contribution in [3.63, 3.8) is 0 Å². The molecule has 1 fully saturated rings. The molecular weight excluding hydrogens is 394 g/mol. The van der Waals surface area contributed by atoms with Crippen LogP contribution in [-0.4, -0.2) is 36.0 Å². The molecule has 1 aliphatic carbocycles. The van der Waals surface area contributed by atoms with Crippen LogP contribution < -0.4 is 10.6 Å². The summed E-state index contributed by atoms with van der Waals surface area (Å²) in [5, 5.41) is 5.94. The van der Waals surface area contributed by atoms with Crippen molar-refractivity contribution in [1.29, 1.82) is 0 Å². The first-order valence-corrected chi connectivity index (χ1v) is 11.3. The number of allylic oxidation sites excluding steroid dienone is 1. The van der Waals surface area contributed by atoms with E-state index in [1.54, 1.807) is 18.7 Å². The van der Waals surface area contributed by atoms with Gasteiger partial charge in [0.25, 0.3) is 0 Å².